The van der Waals surface area contributed by atoms with Gasteiger partial charge in [-0.2, -0.15) is 0 Å². The van der Waals surface area contributed by atoms with Crippen LogP contribution in [-0.4, -0.2) is 32.2 Å². The summed E-state index contributed by atoms with van der Waals surface area (Å²) in [5.74, 6) is 0.497. The predicted molar refractivity (Wildman–Crippen MR) is 77.8 cm³/mol. The average Bonchev–Trinajstić information content (AvgIpc) is 2.64. The monoisotopic (exact) mass is 270 g/mol. The third-order valence-corrected chi connectivity index (χ3v) is 4.40. The fourth-order valence-corrected chi connectivity index (χ4v) is 2.83. The predicted octanol–water partition coefficient (Wildman–Crippen LogP) is 2.07. The molecule has 1 saturated carbocycles. The molecule has 0 aliphatic heterocycles. The molecule has 4 nitrogen and oxygen atoms in total. The summed E-state index contributed by atoms with van der Waals surface area (Å²) in [5, 5.41) is 3.16. The van der Waals surface area contributed by atoms with Crippen molar-refractivity contribution in [3.8, 4) is 0 Å². The lowest BCUT2D eigenvalue weighted by molar-refractivity contribution is -0.133. The number of nitrogens with two attached hydrogens (primary N) is 1. The van der Waals surface area contributed by atoms with Gasteiger partial charge in [0, 0.05) is 13.7 Å². The van der Waals surface area contributed by atoms with E-state index in [1.807, 2.05) is 0 Å². The lowest BCUT2D eigenvalue weighted by Gasteiger charge is -2.33. The third kappa shape index (κ3) is 4.46. The summed E-state index contributed by atoms with van der Waals surface area (Å²) in [5.41, 5.74) is 5.59. The Morgan fingerprint density at radius 3 is 2.26 bits per heavy atom. The van der Waals surface area contributed by atoms with Crippen LogP contribution in [0.4, 0.5) is 0 Å². The van der Waals surface area contributed by atoms with Crippen molar-refractivity contribution >= 4 is 5.91 Å². The molecule has 1 unspecified atom stereocenters. The quantitative estimate of drug-likeness (QED) is 0.726. The van der Waals surface area contributed by atoms with Gasteiger partial charge in [0.05, 0.1) is 18.1 Å². The van der Waals surface area contributed by atoms with Gasteiger partial charge in [0.15, 0.2) is 0 Å². The van der Waals surface area contributed by atoms with Crippen LogP contribution in [0, 0.1) is 11.3 Å². The standard InChI is InChI=1S/C15H30N2O2/c1-12(2)13(10-19-3)17-14(18)15(11-16)8-6-4-5-7-9-15/h12-13H,4-11,16H2,1-3H3,(H,17,18). The highest BCUT2D eigenvalue weighted by Gasteiger charge is 2.38. The molecule has 0 aromatic carbocycles. The molecule has 0 heterocycles. The molecule has 1 fully saturated rings. The Bertz CT molecular complexity index is 271. The highest BCUT2D eigenvalue weighted by atomic mass is 16.5. The fraction of sp³-hybridized carbons (Fsp3) is 0.933. The largest absolute Gasteiger partial charge is 0.383 e. The van der Waals surface area contributed by atoms with Crippen molar-refractivity contribution < 1.29 is 9.53 Å². The van der Waals surface area contributed by atoms with Crippen LogP contribution in [0.2, 0.25) is 0 Å². The van der Waals surface area contributed by atoms with Crippen LogP contribution in [0.15, 0.2) is 0 Å². The van der Waals surface area contributed by atoms with Crippen molar-refractivity contribution in [2.75, 3.05) is 20.3 Å². The molecule has 112 valence electrons. The minimum atomic E-state index is -0.350. The van der Waals surface area contributed by atoms with Gasteiger partial charge in [-0.25, -0.2) is 0 Å². The minimum Gasteiger partial charge on any atom is -0.383 e. The number of hydrogen-bond donors (Lipinski definition) is 2. The van der Waals surface area contributed by atoms with E-state index in [1.165, 1.54) is 12.8 Å². The van der Waals surface area contributed by atoms with E-state index in [0.717, 1.165) is 25.7 Å². The first kappa shape index (κ1) is 16.4. The Kier molecular flexibility index (Phi) is 6.80. The summed E-state index contributed by atoms with van der Waals surface area (Å²) in [6, 6.07) is 0.0733. The SMILES string of the molecule is COCC(NC(=O)C1(CN)CCCCCC1)C(C)C. The molecule has 0 spiro atoms. The highest BCUT2D eigenvalue weighted by molar-refractivity contribution is 5.83. The molecule has 0 aromatic rings. The smallest absolute Gasteiger partial charge is 0.227 e. The van der Waals surface area contributed by atoms with Crippen molar-refractivity contribution in [3.05, 3.63) is 0 Å². The van der Waals surface area contributed by atoms with Crippen LogP contribution in [0.25, 0.3) is 0 Å². The second-order valence-corrected chi connectivity index (χ2v) is 6.18. The lowest BCUT2D eigenvalue weighted by Crippen LogP contribution is -2.51. The van der Waals surface area contributed by atoms with Crippen LogP contribution in [0.1, 0.15) is 52.4 Å². The summed E-state index contributed by atoms with van der Waals surface area (Å²) in [6.45, 7) is 5.22. The van der Waals surface area contributed by atoms with E-state index in [2.05, 4.69) is 19.2 Å². The number of carbonyl (C=O) groups excluding carboxylic acids is 1. The number of rotatable bonds is 6. The van der Waals surface area contributed by atoms with Crippen LogP contribution in [0.3, 0.4) is 0 Å². The van der Waals surface area contributed by atoms with Gasteiger partial charge in [-0.05, 0) is 18.8 Å². The van der Waals surface area contributed by atoms with Gasteiger partial charge in [-0.1, -0.05) is 39.5 Å². The molecular formula is C15H30N2O2. The van der Waals surface area contributed by atoms with Gasteiger partial charge in [-0.15, -0.1) is 0 Å². The fourth-order valence-electron chi connectivity index (χ4n) is 2.83. The first-order valence-electron chi connectivity index (χ1n) is 7.55. The van der Waals surface area contributed by atoms with Crippen LogP contribution < -0.4 is 11.1 Å². The molecule has 1 aliphatic carbocycles. The van der Waals surface area contributed by atoms with Gasteiger partial charge in [0.2, 0.25) is 5.91 Å². The summed E-state index contributed by atoms with van der Waals surface area (Å²) >= 11 is 0. The number of hydrogen-bond acceptors (Lipinski definition) is 3. The molecule has 1 aliphatic rings. The molecule has 0 radical (unpaired) electrons. The van der Waals surface area contributed by atoms with Crippen molar-refractivity contribution in [3.63, 3.8) is 0 Å². The first-order chi connectivity index (χ1) is 9.05. The van der Waals surface area contributed by atoms with E-state index >= 15 is 0 Å². The van der Waals surface area contributed by atoms with E-state index in [9.17, 15) is 4.79 Å². The maximum atomic E-state index is 12.6. The minimum absolute atomic E-state index is 0.0733. The third-order valence-electron chi connectivity index (χ3n) is 4.40. The number of nitrogens with one attached hydrogen (secondary N) is 1. The summed E-state index contributed by atoms with van der Waals surface area (Å²) in [7, 11) is 1.67. The summed E-state index contributed by atoms with van der Waals surface area (Å²) < 4.78 is 5.20. The van der Waals surface area contributed by atoms with E-state index in [1.54, 1.807) is 7.11 Å². The average molecular weight is 270 g/mol. The lowest BCUT2D eigenvalue weighted by atomic mass is 9.79. The zero-order chi connectivity index (χ0) is 14.3. The van der Waals surface area contributed by atoms with Gasteiger partial charge >= 0.3 is 0 Å². The number of carbonyl (C=O) groups is 1. The van der Waals surface area contributed by atoms with E-state index in [0.29, 0.717) is 19.1 Å². The summed E-state index contributed by atoms with van der Waals surface area (Å²) in [4.78, 5) is 12.6. The molecule has 0 aromatic heterocycles. The Labute approximate surface area is 117 Å². The molecule has 19 heavy (non-hydrogen) atoms. The van der Waals surface area contributed by atoms with Crippen LogP contribution >= 0.6 is 0 Å². The number of amides is 1. The zero-order valence-corrected chi connectivity index (χ0v) is 12.7. The molecule has 1 rings (SSSR count). The topological polar surface area (TPSA) is 64.3 Å². The van der Waals surface area contributed by atoms with Crippen molar-refractivity contribution in [2.45, 2.75) is 58.4 Å². The highest BCUT2D eigenvalue weighted by Crippen LogP contribution is 2.34. The second kappa shape index (κ2) is 7.85. The first-order valence-corrected chi connectivity index (χ1v) is 7.55. The Balaban J connectivity index is 2.71. The van der Waals surface area contributed by atoms with Gasteiger partial charge in [0.25, 0.3) is 0 Å². The molecule has 3 N–H and O–H groups in total. The zero-order valence-electron chi connectivity index (χ0n) is 12.7. The molecule has 0 bridgehead atoms. The molecule has 4 heteroatoms. The van der Waals surface area contributed by atoms with E-state index in [4.69, 9.17) is 10.5 Å². The maximum Gasteiger partial charge on any atom is 0.227 e. The number of ether oxygens (including phenoxy) is 1. The van der Waals surface area contributed by atoms with Gasteiger partial charge in [-0.3, -0.25) is 4.79 Å². The molecule has 0 saturated heterocycles. The van der Waals surface area contributed by atoms with Crippen LogP contribution in [-0.2, 0) is 9.53 Å². The molecule has 1 atom stereocenters. The normalized spacial score (nSPS) is 20.9. The van der Waals surface area contributed by atoms with Crippen LogP contribution in [0.5, 0.6) is 0 Å². The summed E-state index contributed by atoms with van der Waals surface area (Å²) in [6.07, 6.45) is 6.52. The molecule has 1 amide bonds. The van der Waals surface area contributed by atoms with Gasteiger partial charge < -0.3 is 15.8 Å². The van der Waals surface area contributed by atoms with E-state index < -0.39 is 0 Å². The Morgan fingerprint density at radius 2 is 1.84 bits per heavy atom. The Morgan fingerprint density at radius 1 is 1.26 bits per heavy atom. The molecular weight excluding hydrogens is 240 g/mol. The second-order valence-electron chi connectivity index (χ2n) is 6.18. The van der Waals surface area contributed by atoms with Gasteiger partial charge in [0.1, 0.15) is 0 Å². The maximum absolute atomic E-state index is 12.6. The van der Waals surface area contributed by atoms with Crippen molar-refractivity contribution in [2.24, 2.45) is 17.1 Å². The Hall–Kier alpha value is -0.610. The number of methoxy groups -OCH3 is 1. The van der Waals surface area contributed by atoms with E-state index in [-0.39, 0.29) is 17.4 Å². The van der Waals surface area contributed by atoms with Crippen molar-refractivity contribution in [1.29, 1.82) is 0 Å². The van der Waals surface area contributed by atoms with Crippen molar-refractivity contribution in [1.82, 2.24) is 5.32 Å².